The molecule has 6 nitrogen and oxygen atoms in total. The van der Waals surface area contributed by atoms with Crippen molar-refractivity contribution < 1.29 is 4.39 Å². The molecule has 1 aromatic carbocycles. The second-order valence-corrected chi connectivity index (χ2v) is 9.93. The molecule has 2 aromatic heterocycles. The second kappa shape index (κ2) is 8.22. The topological polar surface area (TPSA) is 49.2 Å². The normalized spacial score (nSPS) is 20.0. The fourth-order valence-corrected chi connectivity index (χ4v) is 5.82. The molecule has 0 bridgehead atoms. The SMILES string of the molecule is CN1CC(N2CCC(c3cc(F)c4c(c3)Nc3nccc(-c5cnn(C)c5)c3CC4)CC2)C1. The highest BCUT2D eigenvalue weighted by atomic mass is 19.1. The van der Waals surface area contributed by atoms with Gasteiger partial charge in [0.2, 0.25) is 0 Å². The molecule has 0 atom stereocenters. The van der Waals surface area contributed by atoms with Crippen LogP contribution >= 0.6 is 0 Å². The molecule has 7 heteroatoms. The van der Waals surface area contributed by atoms with E-state index in [0.29, 0.717) is 18.4 Å². The number of nitrogens with zero attached hydrogens (tertiary/aromatic N) is 5. The van der Waals surface area contributed by atoms with Gasteiger partial charge >= 0.3 is 0 Å². The predicted molar refractivity (Wildman–Crippen MR) is 128 cm³/mol. The average molecular weight is 447 g/mol. The summed E-state index contributed by atoms with van der Waals surface area (Å²) in [7, 11) is 4.10. The minimum atomic E-state index is -0.0891. The zero-order valence-corrected chi connectivity index (χ0v) is 19.4. The van der Waals surface area contributed by atoms with Crippen molar-refractivity contribution >= 4 is 11.5 Å². The van der Waals surface area contributed by atoms with E-state index < -0.39 is 0 Å². The lowest BCUT2D eigenvalue weighted by Gasteiger charge is -2.46. The summed E-state index contributed by atoms with van der Waals surface area (Å²) in [6.07, 6.45) is 9.32. The number of piperidine rings is 1. The zero-order chi connectivity index (χ0) is 22.5. The van der Waals surface area contributed by atoms with Crippen molar-refractivity contribution in [2.45, 2.75) is 37.6 Å². The highest BCUT2D eigenvalue weighted by Crippen LogP contribution is 2.38. The molecule has 6 rings (SSSR count). The molecular weight excluding hydrogens is 415 g/mol. The van der Waals surface area contributed by atoms with Crippen LogP contribution in [-0.4, -0.2) is 63.8 Å². The summed E-state index contributed by atoms with van der Waals surface area (Å²) in [6.45, 7) is 4.56. The van der Waals surface area contributed by atoms with E-state index in [1.807, 2.05) is 36.4 Å². The third kappa shape index (κ3) is 3.83. The van der Waals surface area contributed by atoms with E-state index in [4.69, 9.17) is 0 Å². The van der Waals surface area contributed by atoms with Crippen LogP contribution in [0.3, 0.4) is 0 Å². The first-order valence-corrected chi connectivity index (χ1v) is 12.0. The van der Waals surface area contributed by atoms with E-state index >= 15 is 4.39 Å². The Morgan fingerprint density at radius 2 is 1.85 bits per heavy atom. The maximum absolute atomic E-state index is 15.3. The molecule has 3 aliphatic heterocycles. The van der Waals surface area contributed by atoms with Gasteiger partial charge in [-0.1, -0.05) is 0 Å². The van der Waals surface area contributed by atoms with E-state index in [1.54, 1.807) is 6.07 Å². The van der Waals surface area contributed by atoms with Crippen LogP contribution in [0, 0.1) is 5.82 Å². The van der Waals surface area contributed by atoms with Gasteiger partial charge in [-0.3, -0.25) is 9.58 Å². The lowest BCUT2D eigenvalue weighted by Crippen LogP contribution is -2.59. The lowest BCUT2D eigenvalue weighted by atomic mass is 9.87. The highest BCUT2D eigenvalue weighted by molar-refractivity contribution is 5.76. The molecule has 0 spiro atoms. The number of nitrogens with one attached hydrogen (secondary N) is 1. The smallest absolute Gasteiger partial charge is 0.134 e. The number of anilines is 2. The molecule has 0 amide bonds. The molecule has 0 aliphatic carbocycles. The van der Waals surface area contributed by atoms with Gasteiger partial charge in [0.25, 0.3) is 0 Å². The minimum Gasteiger partial charge on any atom is -0.340 e. The number of rotatable bonds is 3. The molecule has 2 fully saturated rings. The van der Waals surface area contributed by atoms with Gasteiger partial charge in [0, 0.05) is 61.0 Å². The molecule has 0 radical (unpaired) electrons. The Morgan fingerprint density at radius 1 is 1.06 bits per heavy atom. The van der Waals surface area contributed by atoms with Crippen molar-refractivity contribution in [1.82, 2.24) is 24.6 Å². The molecule has 1 N–H and O–H groups in total. The number of benzene rings is 1. The van der Waals surface area contributed by atoms with Crippen LogP contribution in [0.2, 0.25) is 0 Å². The Balaban J connectivity index is 1.25. The Hall–Kier alpha value is -2.77. The zero-order valence-electron chi connectivity index (χ0n) is 19.4. The van der Waals surface area contributed by atoms with Crippen molar-refractivity contribution in [3.8, 4) is 11.1 Å². The lowest BCUT2D eigenvalue weighted by molar-refractivity contribution is 0.0363. The van der Waals surface area contributed by atoms with Crippen molar-refractivity contribution in [1.29, 1.82) is 0 Å². The molecule has 0 unspecified atom stereocenters. The van der Waals surface area contributed by atoms with Crippen LogP contribution in [0.25, 0.3) is 11.1 Å². The monoisotopic (exact) mass is 446 g/mol. The number of pyridine rings is 1. The van der Waals surface area contributed by atoms with Crippen LogP contribution in [0.5, 0.6) is 0 Å². The number of halogens is 1. The summed E-state index contributed by atoms with van der Waals surface area (Å²) in [4.78, 5) is 9.61. The maximum Gasteiger partial charge on any atom is 0.134 e. The van der Waals surface area contributed by atoms with Gasteiger partial charge in [0.15, 0.2) is 0 Å². The number of hydrogen-bond donors (Lipinski definition) is 1. The Labute approximate surface area is 194 Å². The van der Waals surface area contributed by atoms with E-state index in [9.17, 15) is 0 Å². The predicted octanol–water partition coefficient (Wildman–Crippen LogP) is 3.96. The number of likely N-dealkylation sites (tertiary alicyclic amines) is 2. The first-order chi connectivity index (χ1) is 16.0. The summed E-state index contributed by atoms with van der Waals surface area (Å²) in [5.74, 6) is 1.16. The van der Waals surface area contributed by atoms with Gasteiger partial charge in [-0.2, -0.15) is 5.10 Å². The molecule has 3 aliphatic rings. The molecule has 33 heavy (non-hydrogen) atoms. The number of hydrogen-bond acceptors (Lipinski definition) is 5. The van der Waals surface area contributed by atoms with Crippen molar-refractivity contribution in [2.24, 2.45) is 7.05 Å². The molecular formula is C26H31FN6. The van der Waals surface area contributed by atoms with Crippen LogP contribution < -0.4 is 5.32 Å². The van der Waals surface area contributed by atoms with E-state index in [2.05, 4.69) is 38.3 Å². The third-order valence-electron chi connectivity index (χ3n) is 7.73. The van der Waals surface area contributed by atoms with Gasteiger partial charge in [0.05, 0.1) is 6.20 Å². The molecule has 0 saturated carbocycles. The fraction of sp³-hybridized carbons (Fsp3) is 0.462. The fourth-order valence-electron chi connectivity index (χ4n) is 5.82. The second-order valence-electron chi connectivity index (χ2n) is 9.93. The van der Waals surface area contributed by atoms with Crippen molar-refractivity contribution in [3.63, 3.8) is 0 Å². The van der Waals surface area contributed by atoms with Crippen LogP contribution in [0.1, 0.15) is 35.4 Å². The quantitative estimate of drug-likeness (QED) is 0.660. The molecule has 3 aromatic rings. The van der Waals surface area contributed by atoms with Crippen LogP contribution in [0.4, 0.5) is 15.9 Å². The van der Waals surface area contributed by atoms with Gasteiger partial charge < -0.3 is 10.2 Å². The summed E-state index contributed by atoms with van der Waals surface area (Å²) >= 11 is 0. The standard InChI is InChI=1S/C26H31FN6/c1-31-15-20(16-31)33-9-6-17(7-10-33)18-11-24(27)23-4-3-22-21(19-13-29-32(2)14-19)5-8-28-26(22)30-25(23)12-18/h5,8,11-14,17,20H,3-4,6-7,9-10,15-16H2,1-2H3,(H,28,30). The van der Waals surface area contributed by atoms with Crippen molar-refractivity contribution in [2.75, 3.05) is 38.5 Å². The minimum absolute atomic E-state index is 0.0891. The molecule has 2 saturated heterocycles. The Kier molecular flexibility index (Phi) is 5.18. The summed E-state index contributed by atoms with van der Waals surface area (Å²) in [6, 6.07) is 6.72. The van der Waals surface area contributed by atoms with Gasteiger partial charge in [-0.05, 0) is 81.1 Å². The van der Waals surface area contributed by atoms with Gasteiger partial charge in [0.1, 0.15) is 11.6 Å². The van der Waals surface area contributed by atoms with Gasteiger partial charge in [-0.25, -0.2) is 9.37 Å². The average Bonchev–Trinajstić information content (AvgIpc) is 3.13. The first-order valence-electron chi connectivity index (χ1n) is 12.0. The van der Waals surface area contributed by atoms with E-state index in [1.165, 1.54) is 13.1 Å². The van der Waals surface area contributed by atoms with Crippen LogP contribution in [0.15, 0.2) is 36.8 Å². The number of fused-ring (bicyclic) bond motifs is 2. The Morgan fingerprint density at radius 3 is 2.58 bits per heavy atom. The summed E-state index contributed by atoms with van der Waals surface area (Å²) in [5, 5.41) is 7.82. The first kappa shape index (κ1) is 20.8. The van der Waals surface area contributed by atoms with Gasteiger partial charge in [-0.15, -0.1) is 0 Å². The Bertz CT molecular complexity index is 1170. The van der Waals surface area contributed by atoms with E-state index in [0.717, 1.165) is 71.7 Å². The van der Waals surface area contributed by atoms with Crippen molar-refractivity contribution in [3.05, 3.63) is 59.3 Å². The molecule has 5 heterocycles. The maximum atomic E-state index is 15.3. The summed E-state index contributed by atoms with van der Waals surface area (Å²) < 4.78 is 17.1. The third-order valence-corrected chi connectivity index (χ3v) is 7.73. The van der Waals surface area contributed by atoms with Crippen LogP contribution in [-0.2, 0) is 19.9 Å². The number of aromatic nitrogens is 3. The molecule has 172 valence electrons. The number of likely N-dealkylation sites (N-methyl/N-ethyl adjacent to an activating group) is 1. The number of aryl methyl sites for hydroxylation is 1. The highest BCUT2D eigenvalue weighted by Gasteiger charge is 2.32. The summed E-state index contributed by atoms with van der Waals surface area (Å²) in [5.41, 5.74) is 6.07. The van der Waals surface area contributed by atoms with E-state index in [-0.39, 0.29) is 5.82 Å². The largest absolute Gasteiger partial charge is 0.340 e.